The summed E-state index contributed by atoms with van der Waals surface area (Å²) in [6.07, 6.45) is 57.8. The van der Waals surface area contributed by atoms with Crippen LogP contribution in [-0.2, 0) is 14.3 Å². The zero-order chi connectivity index (χ0) is 42.4. The summed E-state index contributed by atoms with van der Waals surface area (Å²) in [5.74, 6) is -0.550. The SMILES string of the molecule is CC/C=C/C=C/C=C\C=C/CCCCCC(=O)OC(CCCCCC/C=C/C/C=C/C/C=C/CC)CC(=O)NC(CO)C(O)CCCCCCCCCCCCCC. The van der Waals surface area contributed by atoms with E-state index >= 15 is 0 Å². The normalized spacial score (nSPS) is 14.1. The van der Waals surface area contributed by atoms with Crippen molar-refractivity contribution in [2.75, 3.05) is 6.61 Å². The monoisotopic (exact) mass is 808 g/mol. The lowest BCUT2D eigenvalue weighted by atomic mass is 10.0. The van der Waals surface area contributed by atoms with Crippen molar-refractivity contribution in [2.24, 2.45) is 0 Å². The standard InChI is InChI=1S/C52H89NO5/c1-4-7-10-13-16-19-22-25-27-28-31-34-37-40-43-48(58-52(57)45-42-39-36-33-30-26-23-20-17-14-11-8-5-2)46-51(56)53-49(47-54)50(55)44-41-38-35-32-29-24-21-18-15-12-9-6-3/h7-8,10-11,14,16-17,19-20,23,25-27,30,48-50,54-55H,4-6,9,12-13,15,18,21-22,24,28-29,31-47H2,1-3H3,(H,53,56)/b10-7+,11-8+,17-14+,19-16+,23-20-,27-25+,30-26-. The maximum Gasteiger partial charge on any atom is 0.306 e. The summed E-state index contributed by atoms with van der Waals surface area (Å²) >= 11 is 0. The van der Waals surface area contributed by atoms with E-state index in [1.165, 1.54) is 57.8 Å². The molecule has 0 heterocycles. The van der Waals surface area contributed by atoms with Crippen LogP contribution >= 0.6 is 0 Å². The molecule has 6 heteroatoms. The lowest BCUT2D eigenvalue weighted by Gasteiger charge is -2.24. The maximum atomic E-state index is 13.2. The Bertz CT molecular complexity index is 1130. The fourth-order valence-corrected chi connectivity index (χ4v) is 6.75. The van der Waals surface area contributed by atoms with Crippen molar-refractivity contribution in [1.29, 1.82) is 0 Å². The Kier molecular flexibility index (Phi) is 42.8. The summed E-state index contributed by atoms with van der Waals surface area (Å²) in [4.78, 5) is 26.0. The number of carbonyl (C=O) groups excluding carboxylic acids is 2. The molecule has 1 amide bonds. The Morgan fingerprint density at radius 1 is 0.534 bits per heavy atom. The van der Waals surface area contributed by atoms with E-state index in [1.54, 1.807) is 0 Å². The molecule has 0 aliphatic carbocycles. The van der Waals surface area contributed by atoms with Crippen molar-refractivity contribution >= 4 is 11.9 Å². The number of ether oxygens (including phenoxy) is 1. The molecule has 0 saturated heterocycles. The molecule has 0 aliphatic rings. The predicted octanol–water partition coefficient (Wildman–Crippen LogP) is 14.0. The van der Waals surface area contributed by atoms with Gasteiger partial charge in [0.1, 0.15) is 6.10 Å². The first-order valence-corrected chi connectivity index (χ1v) is 23.9. The zero-order valence-corrected chi connectivity index (χ0v) is 37.6. The van der Waals surface area contributed by atoms with Crippen molar-refractivity contribution in [3.63, 3.8) is 0 Å². The third kappa shape index (κ3) is 39.8. The van der Waals surface area contributed by atoms with Crippen LogP contribution < -0.4 is 5.32 Å². The number of aliphatic hydroxyl groups is 2. The van der Waals surface area contributed by atoms with Crippen LogP contribution in [0.2, 0.25) is 0 Å². The van der Waals surface area contributed by atoms with Crippen LogP contribution in [0.15, 0.2) is 85.1 Å². The minimum Gasteiger partial charge on any atom is -0.462 e. The van der Waals surface area contributed by atoms with Gasteiger partial charge in [0.2, 0.25) is 5.91 Å². The number of carbonyl (C=O) groups is 2. The number of nitrogens with one attached hydrogen (secondary N) is 1. The van der Waals surface area contributed by atoms with Crippen LogP contribution in [0.1, 0.15) is 207 Å². The Labute approximate surface area is 357 Å². The number of rotatable bonds is 41. The van der Waals surface area contributed by atoms with Crippen LogP contribution in [0.3, 0.4) is 0 Å². The van der Waals surface area contributed by atoms with Gasteiger partial charge in [0.05, 0.1) is 25.2 Å². The van der Waals surface area contributed by atoms with Crippen molar-refractivity contribution in [3.8, 4) is 0 Å². The number of aliphatic hydroxyl groups excluding tert-OH is 2. The number of esters is 1. The van der Waals surface area contributed by atoms with Gasteiger partial charge in [-0.05, 0) is 77.0 Å². The molecular formula is C52H89NO5. The summed E-state index contributed by atoms with van der Waals surface area (Å²) in [7, 11) is 0. The topological polar surface area (TPSA) is 95.9 Å². The first-order valence-electron chi connectivity index (χ1n) is 23.9. The molecule has 0 aromatic heterocycles. The summed E-state index contributed by atoms with van der Waals surface area (Å²) in [5.41, 5.74) is 0. The van der Waals surface area contributed by atoms with Gasteiger partial charge in [-0.3, -0.25) is 9.59 Å². The lowest BCUT2D eigenvalue weighted by Crippen LogP contribution is -2.46. The summed E-state index contributed by atoms with van der Waals surface area (Å²) in [6.45, 7) is 6.20. The summed E-state index contributed by atoms with van der Waals surface area (Å²) < 4.78 is 5.89. The number of hydrogen-bond donors (Lipinski definition) is 3. The first-order chi connectivity index (χ1) is 28.5. The van der Waals surface area contributed by atoms with E-state index in [-0.39, 0.29) is 24.9 Å². The molecule has 58 heavy (non-hydrogen) atoms. The van der Waals surface area contributed by atoms with Crippen LogP contribution in [0.5, 0.6) is 0 Å². The first kappa shape index (κ1) is 55.0. The molecule has 0 radical (unpaired) electrons. The van der Waals surface area contributed by atoms with Gasteiger partial charge in [0.15, 0.2) is 0 Å². The number of unbranched alkanes of at least 4 members (excludes halogenated alkanes) is 18. The zero-order valence-electron chi connectivity index (χ0n) is 37.6. The molecule has 0 aromatic carbocycles. The molecule has 0 saturated carbocycles. The molecule has 3 atom stereocenters. The molecule has 0 aliphatic heterocycles. The van der Waals surface area contributed by atoms with E-state index in [4.69, 9.17) is 4.74 Å². The fourth-order valence-electron chi connectivity index (χ4n) is 6.75. The van der Waals surface area contributed by atoms with Gasteiger partial charge in [-0.15, -0.1) is 0 Å². The molecular weight excluding hydrogens is 719 g/mol. The Morgan fingerprint density at radius 2 is 1.02 bits per heavy atom. The third-order valence-electron chi connectivity index (χ3n) is 10.3. The van der Waals surface area contributed by atoms with Gasteiger partial charge >= 0.3 is 5.97 Å². The van der Waals surface area contributed by atoms with Gasteiger partial charge in [-0.1, -0.05) is 202 Å². The summed E-state index contributed by atoms with van der Waals surface area (Å²) in [6, 6.07) is -0.720. The van der Waals surface area contributed by atoms with Gasteiger partial charge in [0.25, 0.3) is 0 Å². The fraction of sp³-hybridized carbons (Fsp3) is 0.692. The van der Waals surface area contributed by atoms with E-state index in [9.17, 15) is 19.8 Å². The molecule has 6 nitrogen and oxygen atoms in total. The Hall–Kier alpha value is -2.96. The van der Waals surface area contributed by atoms with Gasteiger partial charge in [-0.2, -0.15) is 0 Å². The highest BCUT2D eigenvalue weighted by Gasteiger charge is 2.24. The van der Waals surface area contributed by atoms with Crippen molar-refractivity contribution < 1.29 is 24.5 Å². The molecule has 0 fully saturated rings. The van der Waals surface area contributed by atoms with E-state index in [2.05, 4.69) is 80.8 Å². The highest BCUT2D eigenvalue weighted by atomic mass is 16.5. The molecule has 332 valence electrons. The van der Waals surface area contributed by atoms with E-state index in [1.807, 2.05) is 30.4 Å². The highest BCUT2D eigenvalue weighted by molar-refractivity contribution is 5.77. The Balaban J connectivity index is 4.72. The molecule has 0 spiro atoms. The van der Waals surface area contributed by atoms with Gasteiger partial charge in [-0.25, -0.2) is 0 Å². The van der Waals surface area contributed by atoms with Gasteiger partial charge < -0.3 is 20.3 Å². The minimum absolute atomic E-state index is 0.0421. The number of amides is 1. The van der Waals surface area contributed by atoms with Crippen LogP contribution in [0.4, 0.5) is 0 Å². The van der Waals surface area contributed by atoms with E-state index in [0.29, 0.717) is 19.3 Å². The van der Waals surface area contributed by atoms with Crippen LogP contribution in [0.25, 0.3) is 0 Å². The van der Waals surface area contributed by atoms with Crippen LogP contribution in [-0.4, -0.2) is 46.9 Å². The molecule has 0 bridgehead atoms. The third-order valence-corrected chi connectivity index (χ3v) is 10.3. The summed E-state index contributed by atoms with van der Waals surface area (Å²) in [5, 5.41) is 23.7. The average Bonchev–Trinajstić information content (AvgIpc) is 3.22. The molecule has 0 aromatic rings. The number of allylic oxidation sites excluding steroid dienone is 14. The van der Waals surface area contributed by atoms with Crippen molar-refractivity contribution in [2.45, 2.75) is 225 Å². The van der Waals surface area contributed by atoms with Gasteiger partial charge in [0, 0.05) is 6.42 Å². The Morgan fingerprint density at radius 3 is 1.62 bits per heavy atom. The largest absolute Gasteiger partial charge is 0.462 e. The smallest absolute Gasteiger partial charge is 0.306 e. The second-order valence-electron chi connectivity index (χ2n) is 15.8. The predicted molar refractivity (Wildman–Crippen MR) is 250 cm³/mol. The quantitative estimate of drug-likeness (QED) is 0.0247. The second-order valence-corrected chi connectivity index (χ2v) is 15.8. The van der Waals surface area contributed by atoms with Crippen molar-refractivity contribution in [3.05, 3.63) is 85.1 Å². The minimum atomic E-state index is -0.804. The number of hydrogen-bond acceptors (Lipinski definition) is 5. The highest BCUT2D eigenvalue weighted by Crippen LogP contribution is 2.17. The van der Waals surface area contributed by atoms with Crippen molar-refractivity contribution in [1.82, 2.24) is 5.32 Å². The van der Waals surface area contributed by atoms with E-state index < -0.39 is 18.2 Å². The lowest BCUT2D eigenvalue weighted by molar-refractivity contribution is -0.151. The van der Waals surface area contributed by atoms with E-state index in [0.717, 1.165) is 103 Å². The van der Waals surface area contributed by atoms with Crippen LogP contribution in [0, 0.1) is 0 Å². The second kappa shape index (κ2) is 45.1. The average molecular weight is 808 g/mol. The maximum absolute atomic E-state index is 13.2. The molecule has 3 N–H and O–H groups in total. The molecule has 0 rings (SSSR count). The molecule has 3 unspecified atom stereocenters.